The Morgan fingerprint density at radius 3 is 2.91 bits per heavy atom. The van der Waals surface area contributed by atoms with Crippen LogP contribution >= 0.6 is 21.6 Å². The van der Waals surface area contributed by atoms with Gasteiger partial charge >= 0.3 is 0 Å². The molecule has 0 unspecified atom stereocenters. The average Bonchev–Trinajstić information content (AvgIpc) is 2.06. The molecule has 0 saturated carbocycles. The van der Waals surface area contributed by atoms with Gasteiger partial charge in [-0.05, 0) is 19.2 Å². The zero-order valence-corrected chi connectivity index (χ0v) is 8.41. The van der Waals surface area contributed by atoms with E-state index >= 15 is 0 Å². The van der Waals surface area contributed by atoms with Crippen LogP contribution in [0, 0.1) is 0 Å². The molecule has 0 aliphatic rings. The van der Waals surface area contributed by atoms with Gasteiger partial charge in [-0.2, -0.15) is 4.57 Å². The van der Waals surface area contributed by atoms with E-state index in [-0.39, 0.29) is 0 Å². The van der Waals surface area contributed by atoms with Gasteiger partial charge in [0.1, 0.15) is 6.54 Å². The lowest BCUT2D eigenvalue weighted by Gasteiger charge is -1.96. The second-order valence-electron chi connectivity index (χ2n) is 2.07. The first-order valence-corrected chi connectivity index (χ1v) is 6.13. The van der Waals surface area contributed by atoms with Gasteiger partial charge in [-0.15, -0.1) is 0 Å². The summed E-state index contributed by atoms with van der Waals surface area (Å²) in [6.07, 6.45) is 4.20. The third kappa shape index (κ3) is 2.42. The van der Waals surface area contributed by atoms with E-state index < -0.39 is 0 Å². The maximum atomic E-state index is 2.24. The molecule has 0 aromatic carbocycles. The van der Waals surface area contributed by atoms with Gasteiger partial charge in [0, 0.05) is 22.9 Å². The molecule has 0 aliphatic carbocycles. The van der Waals surface area contributed by atoms with Crippen molar-refractivity contribution in [3.05, 3.63) is 24.4 Å². The van der Waals surface area contributed by atoms with Crippen LogP contribution in [0.4, 0.5) is 0 Å². The molecule has 0 bridgehead atoms. The number of aromatic nitrogens is 1. The molecule has 3 heteroatoms. The summed E-state index contributed by atoms with van der Waals surface area (Å²) in [5.74, 6) is 0. The van der Waals surface area contributed by atoms with E-state index in [0.29, 0.717) is 0 Å². The lowest BCUT2D eigenvalue weighted by atomic mass is 10.5. The molecule has 1 rings (SSSR count). The molecule has 11 heavy (non-hydrogen) atoms. The fraction of sp³-hybridized carbons (Fsp3) is 0.375. The standard InChI is InChI=1S/C8H12NS2/c1-3-9-7-5-4-6-8(9)11-10-2/h4-7H,3H2,1-2H3/q+1. The summed E-state index contributed by atoms with van der Waals surface area (Å²) >= 11 is 0. The number of rotatable bonds is 3. The van der Waals surface area contributed by atoms with Crippen LogP contribution < -0.4 is 4.57 Å². The van der Waals surface area contributed by atoms with Crippen molar-refractivity contribution >= 4 is 21.6 Å². The molecule has 0 N–H and O–H groups in total. The van der Waals surface area contributed by atoms with E-state index in [9.17, 15) is 0 Å². The Hall–Kier alpha value is -0.150. The molecule has 1 heterocycles. The molecular formula is C8H12NS2+. The number of aryl methyl sites for hydroxylation is 1. The van der Waals surface area contributed by atoms with Gasteiger partial charge in [-0.3, -0.25) is 0 Å². The largest absolute Gasteiger partial charge is 0.250 e. The van der Waals surface area contributed by atoms with Crippen LogP contribution in [-0.2, 0) is 6.54 Å². The number of pyridine rings is 1. The Morgan fingerprint density at radius 1 is 1.45 bits per heavy atom. The second-order valence-corrected chi connectivity index (χ2v) is 4.49. The van der Waals surface area contributed by atoms with Crippen LogP contribution in [0.1, 0.15) is 6.92 Å². The third-order valence-corrected chi connectivity index (χ3v) is 3.13. The Kier molecular flexibility index (Phi) is 3.80. The van der Waals surface area contributed by atoms with Crippen molar-refractivity contribution < 1.29 is 4.57 Å². The van der Waals surface area contributed by atoms with Crippen LogP contribution in [0.5, 0.6) is 0 Å². The van der Waals surface area contributed by atoms with E-state index in [2.05, 4.69) is 42.1 Å². The molecule has 0 saturated heterocycles. The van der Waals surface area contributed by atoms with Crippen LogP contribution in [0.3, 0.4) is 0 Å². The van der Waals surface area contributed by atoms with E-state index in [0.717, 1.165) is 6.54 Å². The third-order valence-electron chi connectivity index (χ3n) is 1.41. The first-order chi connectivity index (χ1) is 5.38. The highest BCUT2D eigenvalue weighted by atomic mass is 33.1. The van der Waals surface area contributed by atoms with Crippen molar-refractivity contribution in [3.8, 4) is 0 Å². The predicted octanol–water partition coefficient (Wildman–Crippen LogP) is 2.36. The summed E-state index contributed by atoms with van der Waals surface area (Å²) in [5.41, 5.74) is 0. The number of nitrogens with zero attached hydrogens (tertiary/aromatic N) is 1. The van der Waals surface area contributed by atoms with E-state index in [1.165, 1.54) is 5.03 Å². The lowest BCUT2D eigenvalue weighted by Crippen LogP contribution is -2.33. The molecule has 1 aromatic rings. The van der Waals surface area contributed by atoms with Gasteiger partial charge in [0.15, 0.2) is 6.20 Å². The highest BCUT2D eigenvalue weighted by molar-refractivity contribution is 8.76. The molecule has 1 aromatic heterocycles. The second kappa shape index (κ2) is 4.67. The minimum Gasteiger partial charge on any atom is -0.193 e. The Balaban J connectivity index is 2.83. The summed E-state index contributed by atoms with van der Waals surface area (Å²) in [7, 11) is 3.59. The Morgan fingerprint density at radius 2 is 2.27 bits per heavy atom. The summed E-state index contributed by atoms with van der Waals surface area (Å²) in [5, 5.41) is 1.32. The first kappa shape index (κ1) is 8.94. The summed E-state index contributed by atoms with van der Waals surface area (Å²) in [4.78, 5) is 0. The zero-order chi connectivity index (χ0) is 8.10. The molecular weight excluding hydrogens is 174 g/mol. The summed E-state index contributed by atoms with van der Waals surface area (Å²) in [6, 6.07) is 6.28. The maximum Gasteiger partial charge on any atom is 0.250 e. The minimum absolute atomic E-state index is 1.05. The molecule has 0 radical (unpaired) electrons. The van der Waals surface area contributed by atoms with Crippen molar-refractivity contribution in [2.24, 2.45) is 0 Å². The van der Waals surface area contributed by atoms with Gasteiger partial charge in [-0.25, -0.2) is 0 Å². The highest BCUT2D eigenvalue weighted by Crippen LogP contribution is 2.24. The molecule has 0 aliphatic heterocycles. The van der Waals surface area contributed by atoms with Gasteiger partial charge < -0.3 is 0 Å². The first-order valence-electron chi connectivity index (χ1n) is 3.57. The normalized spacial score (nSPS) is 10.0. The monoisotopic (exact) mass is 186 g/mol. The van der Waals surface area contributed by atoms with Crippen molar-refractivity contribution in [3.63, 3.8) is 0 Å². The van der Waals surface area contributed by atoms with E-state index in [4.69, 9.17) is 0 Å². The maximum absolute atomic E-state index is 2.24. The quantitative estimate of drug-likeness (QED) is 0.527. The van der Waals surface area contributed by atoms with Crippen molar-refractivity contribution in [2.75, 3.05) is 6.26 Å². The van der Waals surface area contributed by atoms with Crippen LogP contribution in [0.2, 0.25) is 0 Å². The SMILES string of the molecule is CC[n+]1ccccc1SSC. The van der Waals surface area contributed by atoms with Gasteiger partial charge in [0.2, 0.25) is 0 Å². The van der Waals surface area contributed by atoms with Crippen molar-refractivity contribution in [1.82, 2.24) is 0 Å². The average molecular weight is 186 g/mol. The molecule has 0 atom stereocenters. The molecule has 60 valence electrons. The fourth-order valence-electron chi connectivity index (χ4n) is 0.883. The molecule has 0 fully saturated rings. The van der Waals surface area contributed by atoms with Gasteiger partial charge in [0.05, 0.1) is 0 Å². The van der Waals surface area contributed by atoms with Crippen molar-refractivity contribution in [1.29, 1.82) is 0 Å². The highest BCUT2D eigenvalue weighted by Gasteiger charge is 2.05. The van der Waals surface area contributed by atoms with E-state index in [1.807, 2.05) is 0 Å². The fourth-order valence-corrected chi connectivity index (χ4v) is 2.44. The molecule has 0 amide bonds. The smallest absolute Gasteiger partial charge is 0.193 e. The number of hydrogen-bond acceptors (Lipinski definition) is 2. The summed E-state index contributed by atoms with van der Waals surface area (Å²) < 4.78 is 2.24. The van der Waals surface area contributed by atoms with Crippen LogP contribution in [-0.4, -0.2) is 6.26 Å². The Bertz CT molecular complexity index is 225. The lowest BCUT2D eigenvalue weighted by molar-refractivity contribution is -0.729. The van der Waals surface area contributed by atoms with Crippen LogP contribution in [0.15, 0.2) is 29.4 Å². The predicted molar refractivity (Wildman–Crippen MR) is 51.7 cm³/mol. The van der Waals surface area contributed by atoms with Gasteiger partial charge in [0.25, 0.3) is 5.03 Å². The zero-order valence-electron chi connectivity index (χ0n) is 6.78. The topological polar surface area (TPSA) is 3.88 Å². The minimum atomic E-state index is 1.05. The van der Waals surface area contributed by atoms with Crippen molar-refractivity contribution in [2.45, 2.75) is 18.5 Å². The summed E-state index contributed by atoms with van der Waals surface area (Å²) in [6.45, 7) is 3.20. The van der Waals surface area contributed by atoms with E-state index in [1.54, 1.807) is 21.6 Å². The number of hydrogen-bond donors (Lipinski definition) is 0. The molecule has 1 nitrogen and oxygen atoms in total. The van der Waals surface area contributed by atoms with Gasteiger partial charge in [-0.1, -0.05) is 10.8 Å². The Labute approximate surface area is 75.6 Å². The van der Waals surface area contributed by atoms with Crippen LogP contribution in [0.25, 0.3) is 0 Å². The molecule has 0 spiro atoms.